The van der Waals surface area contributed by atoms with E-state index >= 15 is 0 Å². The fourth-order valence-corrected chi connectivity index (χ4v) is 4.10. The second-order valence-corrected chi connectivity index (χ2v) is 8.46. The molecule has 3 aromatic rings. The van der Waals surface area contributed by atoms with Crippen molar-refractivity contribution in [3.05, 3.63) is 82.9 Å². The van der Waals surface area contributed by atoms with Crippen molar-refractivity contribution in [1.29, 1.82) is 0 Å². The first-order valence-electron chi connectivity index (χ1n) is 9.79. The maximum atomic E-state index is 13.9. The van der Waals surface area contributed by atoms with Crippen molar-refractivity contribution in [2.45, 2.75) is 39.2 Å². The van der Waals surface area contributed by atoms with Crippen LogP contribution in [-0.2, 0) is 17.6 Å². The van der Waals surface area contributed by atoms with E-state index in [1.807, 2.05) is 35.0 Å². The minimum atomic E-state index is -1.33. The SMILES string of the molecule is CC1(C)Cc2c(cnn2-c2ccccc2)[C@@H](NC(=O)Cc2c(F)ccc(F)c2F)C1. The number of hydrogen-bond donors (Lipinski definition) is 1. The Morgan fingerprint density at radius 1 is 1.13 bits per heavy atom. The van der Waals surface area contributed by atoms with Crippen LogP contribution in [0, 0.1) is 22.9 Å². The maximum absolute atomic E-state index is 13.9. The first kappa shape index (κ1) is 20.2. The fourth-order valence-electron chi connectivity index (χ4n) is 4.10. The molecule has 0 radical (unpaired) electrons. The van der Waals surface area contributed by atoms with Gasteiger partial charge in [0.25, 0.3) is 0 Å². The molecule has 0 saturated heterocycles. The predicted molar refractivity (Wildman–Crippen MR) is 107 cm³/mol. The molecule has 0 fully saturated rings. The summed E-state index contributed by atoms with van der Waals surface area (Å²) < 4.78 is 43.2. The summed E-state index contributed by atoms with van der Waals surface area (Å²) >= 11 is 0. The summed E-state index contributed by atoms with van der Waals surface area (Å²) in [6.45, 7) is 4.20. The van der Waals surface area contributed by atoms with E-state index in [1.165, 1.54) is 0 Å². The zero-order chi connectivity index (χ0) is 21.5. The number of nitrogens with one attached hydrogen (secondary N) is 1. The molecule has 4 rings (SSSR count). The monoisotopic (exact) mass is 413 g/mol. The average molecular weight is 413 g/mol. The molecule has 1 heterocycles. The molecule has 1 atom stereocenters. The van der Waals surface area contributed by atoms with Crippen molar-refractivity contribution in [1.82, 2.24) is 15.1 Å². The Balaban J connectivity index is 1.61. The number of hydrogen-bond acceptors (Lipinski definition) is 2. The van der Waals surface area contributed by atoms with Gasteiger partial charge in [-0.2, -0.15) is 5.10 Å². The van der Waals surface area contributed by atoms with Crippen molar-refractivity contribution in [3.8, 4) is 5.69 Å². The van der Waals surface area contributed by atoms with E-state index in [-0.39, 0.29) is 11.5 Å². The van der Waals surface area contributed by atoms with Gasteiger partial charge in [0.2, 0.25) is 5.91 Å². The van der Waals surface area contributed by atoms with E-state index in [2.05, 4.69) is 24.3 Å². The lowest BCUT2D eigenvalue weighted by Gasteiger charge is -2.36. The zero-order valence-corrected chi connectivity index (χ0v) is 16.8. The van der Waals surface area contributed by atoms with Gasteiger partial charge in [0.1, 0.15) is 5.82 Å². The van der Waals surface area contributed by atoms with Gasteiger partial charge >= 0.3 is 0 Å². The molecule has 1 aromatic heterocycles. The number of aromatic nitrogens is 2. The normalized spacial score (nSPS) is 17.4. The van der Waals surface area contributed by atoms with Crippen LogP contribution in [0.3, 0.4) is 0 Å². The number of carbonyl (C=O) groups excluding carboxylic acids is 1. The minimum Gasteiger partial charge on any atom is -0.349 e. The van der Waals surface area contributed by atoms with Crippen molar-refractivity contribution in [2.24, 2.45) is 5.41 Å². The third kappa shape index (κ3) is 3.84. The number of nitrogens with zero attached hydrogens (tertiary/aromatic N) is 2. The minimum absolute atomic E-state index is 0.118. The molecule has 1 aliphatic carbocycles. The Bertz CT molecular complexity index is 1090. The summed E-state index contributed by atoms with van der Waals surface area (Å²) in [7, 11) is 0. The van der Waals surface area contributed by atoms with E-state index in [4.69, 9.17) is 0 Å². The first-order chi connectivity index (χ1) is 14.2. The van der Waals surface area contributed by atoms with Gasteiger partial charge in [0.05, 0.1) is 30.0 Å². The van der Waals surface area contributed by atoms with Crippen LogP contribution in [0.1, 0.15) is 43.1 Å². The number of amides is 1. The predicted octanol–water partition coefficient (Wildman–Crippen LogP) is 4.66. The topological polar surface area (TPSA) is 46.9 Å². The second kappa shape index (κ2) is 7.63. The Kier molecular flexibility index (Phi) is 5.13. The van der Waals surface area contributed by atoms with Gasteiger partial charge in [-0.15, -0.1) is 0 Å². The van der Waals surface area contributed by atoms with E-state index < -0.39 is 35.3 Å². The summed E-state index contributed by atoms with van der Waals surface area (Å²) in [5.41, 5.74) is 2.11. The molecule has 0 aliphatic heterocycles. The number of halogens is 3. The van der Waals surface area contributed by atoms with E-state index in [0.717, 1.165) is 29.4 Å². The highest BCUT2D eigenvalue weighted by molar-refractivity contribution is 5.79. The second-order valence-electron chi connectivity index (χ2n) is 8.46. The van der Waals surface area contributed by atoms with E-state index in [0.29, 0.717) is 12.5 Å². The van der Waals surface area contributed by atoms with Crippen LogP contribution in [0.4, 0.5) is 13.2 Å². The van der Waals surface area contributed by atoms with Gasteiger partial charge in [-0.25, -0.2) is 17.9 Å². The summed E-state index contributed by atoms with van der Waals surface area (Å²) in [5.74, 6) is -4.01. The smallest absolute Gasteiger partial charge is 0.225 e. The van der Waals surface area contributed by atoms with Crippen LogP contribution < -0.4 is 5.32 Å². The summed E-state index contributed by atoms with van der Waals surface area (Å²) in [6, 6.07) is 10.9. The molecule has 0 bridgehead atoms. The molecular weight excluding hydrogens is 391 g/mol. The molecule has 0 unspecified atom stereocenters. The molecule has 2 aromatic carbocycles. The average Bonchev–Trinajstić information content (AvgIpc) is 3.11. The molecule has 0 saturated carbocycles. The lowest BCUT2D eigenvalue weighted by Crippen LogP contribution is -2.37. The number of para-hydroxylation sites is 1. The summed E-state index contributed by atoms with van der Waals surface area (Å²) in [5, 5.41) is 7.38. The Morgan fingerprint density at radius 3 is 2.57 bits per heavy atom. The standard InChI is InChI=1S/C23H22F3N3O/c1-23(2)11-19(28-21(30)10-15-17(24)8-9-18(25)22(15)26)16-13-27-29(20(16)12-23)14-6-4-3-5-7-14/h3-9,13,19H,10-12H2,1-2H3,(H,28,30)/t19-/m0/s1. The molecule has 7 heteroatoms. The lowest BCUT2D eigenvalue weighted by atomic mass is 9.74. The van der Waals surface area contributed by atoms with Gasteiger partial charge in [-0.1, -0.05) is 32.0 Å². The fraction of sp³-hybridized carbons (Fsp3) is 0.304. The molecule has 1 amide bonds. The van der Waals surface area contributed by atoms with Crippen LogP contribution in [0.25, 0.3) is 5.69 Å². The summed E-state index contributed by atoms with van der Waals surface area (Å²) in [4.78, 5) is 12.6. The lowest BCUT2D eigenvalue weighted by molar-refractivity contribution is -0.121. The zero-order valence-electron chi connectivity index (χ0n) is 16.8. The Morgan fingerprint density at radius 2 is 1.83 bits per heavy atom. The van der Waals surface area contributed by atoms with E-state index in [1.54, 1.807) is 6.20 Å². The molecule has 1 aliphatic rings. The molecule has 156 valence electrons. The number of carbonyl (C=O) groups is 1. The van der Waals surface area contributed by atoms with Gasteiger partial charge in [0.15, 0.2) is 11.6 Å². The third-order valence-electron chi connectivity index (χ3n) is 5.49. The van der Waals surface area contributed by atoms with Crippen LogP contribution in [0.5, 0.6) is 0 Å². The van der Waals surface area contributed by atoms with Crippen molar-refractivity contribution in [2.75, 3.05) is 0 Å². The van der Waals surface area contributed by atoms with Gasteiger partial charge < -0.3 is 5.32 Å². The van der Waals surface area contributed by atoms with Crippen LogP contribution in [0.15, 0.2) is 48.7 Å². The van der Waals surface area contributed by atoms with Crippen molar-refractivity contribution < 1.29 is 18.0 Å². The van der Waals surface area contributed by atoms with Crippen molar-refractivity contribution >= 4 is 5.91 Å². The Hall–Kier alpha value is -3.09. The molecule has 0 spiro atoms. The molecule has 1 N–H and O–H groups in total. The molecular formula is C23H22F3N3O. The van der Waals surface area contributed by atoms with Crippen molar-refractivity contribution in [3.63, 3.8) is 0 Å². The first-order valence-corrected chi connectivity index (χ1v) is 9.79. The van der Waals surface area contributed by atoms with Crippen LogP contribution in [-0.4, -0.2) is 15.7 Å². The number of rotatable bonds is 4. The third-order valence-corrected chi connectivity index (χ3v) is 5.49. The maximum Gasteiger partial charge on any atom is 0.225 e. The number of fused-ring (bicyclic) bond motifs is 1. The highest BCUT2D eigenvalue weighted by Crippen LogP contribution is 2.41. The number of benzene rings is 2. The van der Waals surface area contributed by atoms with Gasteiger partial charge in [-0.05, 0) is 42.5 Å². The van der Waals surface area contributed by atoms with E-state index in [9.17, 15) is 18.0 Å². The molecule has 4 nitrogen and oxygen atoms in total. The van der Waals surface area contributed by atoms with Crippen LogP contribution in [0.2, 0.25) is 0 Å². The Labute approximate surface area is 172 Å². The summed E-state index contributed by atoms with van der Waals surface area (Å²) in [6.07, 6.45) is 2.58. The quantitative estimate of drug-likeness (QED) is 0.633. The van der Waals surface area contributed by atoms with Crippen LogP contribution >= 0.6 is 0 Å². The molecule has 30 heavy (non-hydrogen) atoms. The highest BCUT2D eigenvalue weighted by atomic mass is 19.2. The largest absolute Gasteiger partial charge is 0.349 e. The van der Waals surface area contributed by atoms with Gasteiger partial charge in [0, 0.05) is 11.1 Å². The van der Waals surface area contributed by atoms with Gasteiger partial charge in [-0.3, -0.25) is 4.79 Å². The highest BCUT2D eigenvalue weighted by Gasteiger charge is 2.36.